The number of allylic oxidation sites excluding steroid dienone is 2. The van der Waals surface area contributed by atoms with Crippen LogP contribution in [0.5, 0.6) is 0 Å². The third-order valence-corrected chi connectivity index (χ3v) is 1.57. The molecule has 0 saturated carbocycles. The highest BCUT2D eigenvalue weighted by atomic mass is 13.9. The molecular formula is C11H22. The van der Waals surface area contributed by atoms with Gasteiger partial charge in [0.15, 0.2) is 0 Å². The van der Waals surface area contributed by atoms with Crippen LogP contribution < -0.4 is 0 Å². The van der Waals surface area contributed by atoms with Crippen LogP contribution in [0.3, 0.4) is 0 Å². The smallest absolute Gasteiger partial charge is 0.0353 e. The van der Waals surface area contributed by atoms with Gasteiger partial charge in [-0.3, -0.25) is 0 Å². The van der Waals surface area contributed by atoms with Gasteiger partial charge in [-0.25, -0.2) is 0 Å². The van der Waals surface area contributed by atoms with E-state index in [2.05, 4.69) is 13.2 Å². The molecule has 0 bridgehead atoms. The second-order valence-electron chi connectivity index (χ2n) is 2.57. The zero-order chi connectivity index (χ0) is 7.66. The molecule has 0 amide bonds. The maximum Gasteiger partial charge on any atom is -0.0353 e. The number of rotatable bonds is 7. The lowest BCUT2D eigenvalue weighted by Gasteiger charge is -1.95. The lowest BCUT2D eigenvalue weighted by Crippen LogP contribution is -1.75. The van der Waals surface area contributed by atoms with E-state index in [9.17, 15) is 0 Å². The molecule has 0 heteroatoms. The molecule has 0 aromatic carbocycles. The zero-order valence-corrected chi connectivity index (χ0v) is 6.81. The second-order valence-corrected chi connectivity index (χ2v) is 2.57. The normalized spacial score (nSPS) is 8.36. The second kappa shape index (κ2) is 12.2. The van der Waals surface area contributed by atoms with Crippen LogP contribution in [0.15, 0.2) is 25.3 Å². The largest absolute Gasteiger partial charge is 0.103 e. The molecule has 66 valence electrons. The van der Waals surface area contributed by atoms with Crippen LogP contribution in [0, 0.1) is 0 Å². The average Bonchev–Trinajstić information content (AvgIpc) is 1.97. The average molecular weight is 154 g/mol. The van der Waals surface area contributed by atoms with Gasteiger partial charge in [-0.05, 0) is 25.7 Å². The molecule has 0 spiro atoms. The van der Waals surface area contributed by atoms with E-state index < -0.39 is 0 Å². The van der Waals surface area contributed by atoms with E-state index in [1.807, 2.05) is 12.2 Å². The Hall–Kier alpha value is -0.520. The summed E-state index contributed by atoms with van der Waals surface area (Å²) in [5.74, 6) is 0. The highest BCUT2D eigenvalue weighted by molar-refractivity contribution is 4.67. The van der Waals surface area contributed by atoms with E-state index in [4.69, 9.17) is 0 Å². The Kier molecular flexibility index (Phi) is 14.5. The van der Waals surface area contributed by atoms with E-state index in [0.29, 0.717) is 0 Å². The molecule has 0 radical (unpaired) electrons. The monoisotopic (exact) mass is 154 g/mol. The third-order valence-electron chi connectivity index (χ3n) is 1.57. The molecule has 0 saturated heterocycles. The summed E-state index contributed by atoms with van der Waals surface area (Å²) in [5.41, 5.74) is 0. The first kappa shape index (κ1) is 13.1. The Balaban J connectivity index is 0. The van der Waals surface area contributed by atoms with Crippen molar-refractivity contribution >= 4 is 0 Å². The highest BCUT2D eigenvalue weighted by Gasteiger charge is 1.85. The van der Waals surface area contributed by atoms with Gasteiger partial charge in [-0.2, -0.15) is 0 Å². The molecule has 0 aliphatic carbocycles. The summed E-state index contributed by atoms with van der Waals surface area (Å²) in [6.45, 7) is 7.36. The van der Waals surface area contributed by atoms with E-state index in [-0.39, 0.29) is 7.43 Å². The van der Waals surface area contributed by atoms with Gasteiger partial charge in [0.1, 0.15) is 0 Å². The minimum atomic E-state index is 0. The summed E-state index contributed by atoms with van der Waals surface area (Å²) >= 11 is 0. The van der Waals surface area contributed by atoms with Gasteiger partial charge in [0, 0.05) is 0 Å². The fourth-order valence-electron chi connectivity index (χ4n) is 0.931. The van der Waals surface area contributed by atoms with Crippen molar-refractivity contribution in [2.75, 3.05) is 0 Å². The first-order chi connectivity index (χ1) is 4.91. The standard InChI is InChI=1S/C10H18.CH4/c1-3-5-7-9-10-8-6-4-2;/h3-4H,1-2,5-10H2;1H4. The van der Waals surface area contributed by atoms with E-state index in [1.54, 1.807) is 0 Å². The fourth-order valence-corrected chi connectivity index (χ4v) is 0.931. The fraction of sp³-hybridized carbons (Fsp3) is 0.636. The maximum absolute atomic E-state index is 3.68. The molecule has 0 N–H and O–H groups in total. The van der Waals surface area contributed by atoms with Crippen LogP contribution in [0.4, 0.5) is 0 Å². The Morgan fingerprint density at radius 2 is 1.09 bits per heavy atom. The Morgan fingerprint density at radius 1 is 0.727 bits per heavy atom. The summed E-state index contributed by atoms with van der Waals surface area (Å²) < 4.78 is 0. The van der Waals surface area contributed by atoms with Crippen LogP contribution in [0.2, 0.25) is 0 Å². The van der Waals surface area contributed by atoms with Gasteiger partial charge in [0.05, 0.1) is 0 Å². The molecule has 0 aromatic rings. The van der Waals surface area contributed by atoms with Crippen LogP contribution >= 0.6 is 0 Å². The molecule has 0 aliphatic rings. The van der Waals surface area contributed by atoms with Gasteiger partial charge < -0.3 is 0 Å². The van der Waals surface area contributed by atoms with Crippen molar-refractivity contribution in [1.29, 1.82) is 0 Å². The van der Waals surface area contributed by atoms with Crippen molar-refractivity contribution in [3.05, 3.63) is 25.3 Å². The molecule has 0 aromatic heterocycles. The molecule has 11 heavy (non-hydrogen) atoms. The van der Waals surface area contributed by atoms with E-state index in [1.165, 1.54) is 38.5 Å². The van der Waals surface area contributed by atoms with Gasteiger partial charge in [0.2, 0.25) is 0 Å². The van der Waals surface area contributed by atoms with Crippen molar-refractivity contribution in [2.24, 2.45) is 0 Å². The SMILES string of the molecule is C.C=CCCCCCCC=C. The van der Waals surface area contributed by atoms with Gasteiger partial charge in [-0.15, -0.1) is 13.2 Å². The molecular weight excluding hydrogens is 132 g/mol. The topological polar surface area (TPSA) is 0 Å². The van der Waals surface area contributed by atoms with Crippen molar-refractivity contribution in [1.82, 2.24) is 0 Å². The summed E-state index contributed by atoms with van der Waals surface area (Å²) in [4.78, 5) is 0. The zero-order valence-electron chi connectivity index (χ0n) is 6.81. The Morgan fingerprint density at radius 3 is 1.36 bits per heavy atom. The molecule has 0 aliphatic heterocycles. The van der Waals surface area contributed by atoms with E-state index in [0.717, 1.165) is 0 Å². The quantitative estimate of drug-likeness (QED) is 0.378. The summed E-state index contributed by atoms with van der Waals surface area (Å²) in [7, 11) is 0. The van der Waals surface area contributed by atoms with Gasteiger partial charge in [-0.1, -0.05) is 32.4 Å². The predicted octanol–water partition coefficient (Wildman–Crippen LogP) is 4.34. The van der Waals surface area contributed by atoms with Crippen molar-refractivity contribution in [2.45, 2.75) is 46.0 Å². The van der Waals surface area contributed by atoms with Crippen molar-refractivity contribution < 1.29 is 0 Å². The predicted molar refractivity (Wildman–Crippen MR) is 54.8 cm³/mol. The lowest BCUT2D eigenvalue weighted by molar-refractivity contribution is 0.653. The number of hydrogen-bond acceptors (Lipinski definition) is 0. The lowest BCUT2D eigenvalue weighted by atomic mass is 10.1. The summed E-state index contributed by atoms with van der Waals surface area (Å²) in [6, 6.07) is 0. The first-order valence-corrected chi connectivity index (χ1v) is 4.13. The Bertz CT molecular complexity index is 70.0. The molecule has 0 heterocycles. The van der Waals surface area contributed by atoms with Crippen molar-refractivity contribution in [3.63, 3.8) is 0 Å². The number of hydrogen-bond donors (Lipinski definition) is 0. The van der Waals surface area contributed by atoms with Crippen LogP contribution in [0.1, 0.15) is 46.0 Å². The molecule has 0 fully saturated rings. The Labute approximate surface area is 72.0 Å². The van der Waals surface area contributed by atoms with Crippen LogP contribution in [-0.4, -0.2) is 0 Å². The summed E-state index contributed by atoms with van der Waals surface area (Å²) in [5, 5.41) is 0. The molecule has 0 nitrogen and oxygen atoms in total. The van der Waals surface area contributed by atoms with Crippen LogP contribution in [-0.2, 0) is 0 Å². The first-order valence-electron chi connectivity index (χ1n) is 4.13. The minimum absolute atomic E-state index is 0. The molecule has 0 unspecified atom stereocenters. The van der Waals surface area contributed by atoms with E-state index >= 15 is 0 Å². The maximum atomic E-state index is 3.68. The third kappa shape index (κ3) is 12.6. The van der Waals surface area contributed by atoms with Gasteiger partial charge >= 0.3 is 0 Å². The molecule has 0 rings (SSSR count). The van der Waals surface area contributed by atoms with Gasteiger partial charge in [0.25, 0.3) is 0 Å². The molecule has 0 atom stereocenters. The van der Waals surface area contributed by atoms with Crippen LogP contribution in [0.25, 0.3) is 0 Å². The summed E-state index contributed by atoms with van der Waals surface area (Å²) in [6.07, 6.45) is 11.6. The highest BCUT2D eigenvalue weighted by Crippen LogP contribution is 2.05. The minimum Gasteiger partial charge on any atom is -0.103 e. The number of unbranched alkanes of at least 4 members (excludes halogenated alkanes) is 5. The van der Waals surface area contributed by atoms with Crippen molar-refractivity contribution in [3.8, 4) is 0 Å².